The van der Waals surface area contributed by atoms with Crippen molar-refractivity contribution >= 4 is 53.9 Å². The number of rotatable bonds is 4. The number of amides is 1. The molecule has 0 spiro atoms. The molecule has 158 valence electrons. The number of piperazine rings is 1. The summed E-state index contributed by atoms with van der Waals surface area (Å²) in [6, 6.07) is 13.7. The Hall–Kier alpha value is -1.01. The molecule has 1 heterocycles. The van der Waals surface area contributed by atoms with Crippen LogP contribution in [0.3, 0.4) is 0 Å². The lowest BCUT2D eigenvalue weighted by molar-refractivity contribution is -0.135. The van der Waals surface area contributed by atoms with E-state index in [1.807, 2.05) is 12.1 Å². The highest BCUT2D eigenvalue weighted by atomic mass is 35.5. The van der Waals surface area contributed by atoms with E-state index < -0.39 is 5.54 Å². The summed E-state index contributed by atoms with van der Waals surface area (Å²) >= 11 is 12.3. The highest BCUT2D eigenvalue weighted by Crippen LogP contribution is 2.42. The number of hydrogen-bond donors (Lipinski definition) is 2. The van der Waals surface area contributed by atoms with Gasteiger partial charge in [0.2, 0.25) is 5.91 Å². The Morgan fingerprint density at radius 1 is 1.10 bits per heavy atom. The molecule has 0 saturated carbocycles. The van der Waals surface area contributed by atoms with Crippen LogP contribution < -0.4 is 10.6 Å². The predicted molar refractivity (Wildman–Crippen MR) is 124 cm³/mol. The lowest BCUT2D eigenvalue weighted by Crippen LogP contribution is -2.60. The molecule has 1 saturated heterocycles. The number of fused-ring (bicyclic) bond motifs is 1. The molecule has 29 heavy (non-hydrogen) atoms. The first-order chi connectivity index (χ1) is 13.1. The van der Waals surface area contributed by atoms with Gasteiger partial charge in [0.05, 0.1) is 0 Å². The van der Waals surface area contributed by atoms with Gasteiger partial charge in [0.25, 0.3) is 0 Å². The number of carbonyl (C=O) groups excluding carboxylic acids is 1. The van der Waals surface area contributed by atoms with Gasteiger partial charge >= 0.3 is 0 Å². The zero-order valence-electron chi connectivity index (χ0n) is 15.9. The van der Waals surface area contributed by atoms with Crippen molar-refractivity contribution in [2.24, 2.45) is 0 Å². The first-order valence-electron chi connectivity index (χ1n) is 9.37. The average Bonchev–Trinajstić information content (AvgIpc) is 3.08. The largest absolute Gasteiger partial charge is 0.350 e. The van der Waals surface area contributed by atoms with Gasteiger partial charge < -0.3 is 10.6 Å². The Morgan fingerprint density at radius 3 is 2.55 bits per heavy atom. The van der Waals surface area contributed by atoms with Crippen molar-refractivity contribution in [2.45, 2.75) is 24.9 Å². The lowest BCUT2D eigenvalue weighted by Gasteiger charge is -2.43. The Balaban J connectivity index is 0.00000150. The number of nitrogens with one attached hydrogen (secondary N) is 2. The summed E-state index contributed by atoms with van der Waals surface area (Å²) in [5, 5.41) is 7.71. The van der Waals surface area contributed by atoms with Crippen LogP contribution in [0.1, 0.15) is 23.1 Å². The fraction of sp³-hybridized carbons (Fsp3) is 0.381. The van der Waals surface area contributed by atoms with E-state index in [-0.39, 0.29) is 30.7 Å². The van der Waals surface area contributed by atoms with E-state index in [0.717, 1.165) is 50.1 Å². The van der Waals surface area contributed by atoms with Gasteiger partial charge in [-0.1, -0.05) is 53.5 Å². The SMILES string of the molecule is Cl.Cl.O=C(NCc1ccc(Cl)cc1Cl)C1(N2CCNCC2)CCc2ccccc21. The molecule has 0 bridgehead atoms. The smallest absolute Gasteiger partial charge is 0.245 e. The van der Waals surface area contributed by atoms with Crippen molar-refractivity contribution in [2.75, 3.05) is 26.2 Å². The predicted octanol–water partition coefficient (Wildman–Crippen LogP) is 4.20. The van der Waals surface area contributed by atoms with E-state index >= 15 is 0 Å². The van der Waals surface area contributed by atoms with E-state index in [4.69, 9.17) is 23.2 Å². The number of carbonyl (C=O) groups is 1. The van der Waals surface area contributed by atoms with Crippen LogP contribution in [0.15, 0.2) is 42.5 Å². The third-order valence-electron chi connectivity index (χ3n) is 5.71. The number of benzene rings is 2. The molecule has 1 fully saturated rings. The van der Waals surface area contributed by atoms with Crippen LogP contribution in [0, 0.1) is 0 Å². The molecule has 1 atom stereocenters. The van der Waals surface area contributed by atoms with Crippen LogP contribution in [0.5, 0.6) is 0 Å². The number of nitrogens with zero attached hydrogens (tertiary/aromatic N) is 1. The maximum atomic E-state index is 13.5. The first-order valence-corrected chi connectivity index (χ1v) is 10.1. The summed E-state index contributed by atoms with van der Waals surface area (Å²) in [5.74, 6) is 0.0559. The molecule has 8 heteroatoms. The number of aryl methyl sites for hydroxylation is 1. The first kappa shape index (κ1) is 24.3. The van der Waals surface area contributed by atoms with Crippen LogP contribution in [0.25, 0.3) is 0 Å². The quantitative estimate of drug-likeness (QED) is 0.694. The van der Waals surface area contributed by atoms with Crippen molar-refractivity contribution in [1.82, 2.24) is 15.5 Å². The van der Waals surface area contributed by atoms with E-state index in [9.17, 15) is 4.79 Å². The lowest BCUT2D eigenvalue weighted by atomic mass is 9.87. The molecule has 2 N–H and O–H groups in total. The second-order valence-electron chi connectivity index (χ2n) is 7.17. The Kier molecular flexibility index (Phi) is 8.65. The third kappa shape index (κ3) is 4.68. The van der Waals surface area contributed by atoms with Crippen LogP contribution >= 0.6 is 48.0 Å². The Morgan fingerprint density at radius 2 is 1.83 bits per heavy atom. The molecule has 1 amide bonds. The van der Waals surface area contributed by atoms with Crippen molar-refractivity contribution in [3.8, 4) is 0 Å². The van der Waals surface area contributed by atoms with E-state index in [2.05, 4.69) is 33.7 Å². The van der Waals surface area contributed by atoms with Crippen LogP contribution in [0.2, 0.25) is 10.0 Å². The maximum Gasteiger partial charge on any atom is 0.245 e. The van der Waals surface area contributed by atoms with Gasteiger partial charge in [-0.15, -0.1) is 24.8 Å². The molecule has 1 unspecified atom stereocenters. The summed E-state index contributed by atoms with van der Waals surface area (Å²) in [6.45, 7) is 3.93. The van der Waals surface area contributed by atoms with E-state index in [1.54, 1.807) is 12.1 Å². The minimum Gasteiger partial charge on any atom is -0.350 e. The summed E-state index contributed by atoms with van der Waals surface area (Å²) in [7, 11) is 0. The fourth-order valence-corrected chi connectivity index (χ4v) is 4.81. The average molecular weight is 477 g/mol. The monoisotopic (exact) mass is 475 g/mol. The minimum absolute atomic E-state index is 0. The minimum atomic E-state index is -0.600. The molecular formula is C21H25Cl4N3O. The van der Waals surface area contributed by atoms with Gasteiger partial charge in [-0.3, -0.25) is 9.69 Å². The molecule has 4 nitrogen and oxygen atoms in total. The van der Waals surface area contributed by atoms with E-state index in [0.29, 0.717) is 16.6 Å². The molecule has 1 aliphatic carbocycles. The second-order valence-corrected chi connectivity index (χ2v) is 8.02. The van der Waals surface area contributed by atoms with Crippen LogP contribution in [0.4, 0.5) is 0 Å². The van der Waals surface area contributed by atoms with Gasteiger partial charge in [0, 0.05) is 42.8 Å². The maximum absolute atomic E-state index is 13.5. The third-order valence-corrected chi connectivity index (χ3v) is 6.29. The molecule has 0 aromatic heterocycles. The summed E-state index contributed by atoms with van der Waals surface area (Å²) in [5.41, 5.74) is 2.69. The molecule has 2 aromatic carbocycles. The van der Waals surface area contributed by atoms with Gasteiger partial charge in [-0.25, -0.2) is 0 Å². The fourth-order valence-electron chi connectivity index (χ4n) is 4.33. The van der Waals surface area contributed by atoms with Gasteiger partial charge in [0.1, 0.15) is 5.54 Å². The van der Waals surface area contributed by atoms with Crippen molar-refractivity contribution < 1.29 is 4.79 Å². The summed E-state index contributed by atoms with van der Waals surface area (Å²) in [6.07, 6.45) is 1.74. The van der Waals surface area contributed by atoms with Crippen molar-refractivity contribution in [3.05, 3.63) is 69.2 Å². The Bertz CT molecular complexity index is 858. The summed E-state index contributed by atoms with van der Waals surface area (Å²) in [4.78, 5) is 15.9. The molecule has 2 aromatic rings. The van der Waals surface area contributed by atoms with Crippen LogP contribution in [-0.2, 0) is 23.3 Å². The van der Waals surface area contributed by atoms with Gasteiger partial charge in [0.15, 0.2) is 0 Å². The topological polar surface area (TPSA) is 44.4 Å². The van der Waals surface area contributed by atoms with Crippen molar-refractivity contribution in [1.29, 1.82) is 0 Å². The molecule has 4 rings (SSSR count). The second kappa shape index (κ2) is 10.3. The van der Waals surface area contributed by atoms with Gasteiger partial charge in [-0.05, 0) is 41.7 Å². The van der Waals surface area contributed by atoms with E-state index in [1.165, 1.54) is 5.56 Å². The molecule has 1 aliphatic heterocycles. The molecule has 0 radical (unpaired) electrons. The summed E-state index contributed by atoms with van der Waals surface area (Å²) < 4.78 is 0. The normalized spacial score (nSPS) is 20.9. The highest BCUT2D eigenvalue weighted by molar-refractivity contribution is 6.35. The van der Waals surface area contributed by atoms with Gasteiger partial charge in [-0.2, -0.15) is 0 Å². The molecule has 2 aliphatic rings. The number of hydrogen-bond acceptors (Lipinski definition) is 3. The molecular weight excluding hydrogens is 452 g/mol. The van der Waals surface area contributed by atoms with Crippen LogP contribution in [-0.4, -0.2) is 37.0 Å². The highest BCUT2D eigenvalue weighted by Gasteiger charge is 2.49. The zero-order chi connectivity index (χ0) is 18.9. The van der Waals surface area contributed by atoms with Crippen molar-refractivity contribution in [3.63, 3.8) is 0 Å². The standard InChI is InChI=1S/C21H23Cl2N3O.2ClH/c22-17-6-5-16(19(23)13-17)14-25-20(27)21(26-11-9-24-10-12-26)8-7-15-3-1-2-4-18(15)21;;/h1-6,13,24H,7-12,14H2,(H,25,27);2*1H. The zero-order valence-corrected chi connectivity index (χ0v) is 19.1. The Labute approximate surface area is 194 Å². The number of halogens is 4.